The molecule has 20 heavy (non-hydrogen) atoms. The maximum absolute atomic E-state index is 12.9. The van der Waals surface area contributed by atoms with Gasteiger partial charge in [-0.05, 0) is 0 Å². The Kier molecular flexibility index (Phi) is 7.50. The Morgan fingerprint density at radius 1 is 1.00 bits per heavy atom. The Balaban J connectivity index is 2.80. The van der Waals surface area contributed by atoms with E-state index in [-0.39, 0.29) is 30.6 Å². The van der Waals surface area contributed by atoms with Gasteiger partial charge in [0.2, 0.25) is 0 Å². The Bertz CT molecular complexity index is 427. The van der Waals surface area contributed by atoms with Gasteiger partial charge in [-0.1, -0.05) is 0 Å². The van der Waals surface area contributed by atoms with E-state index in [2.05, 4.69) is 0 Å². The van der Waals surface area contributed by atoms with Crippen molar-refractivity contribution in [3.05, 3.63) is 33.7 Å². The summed E-state index contributed by atoms with van der Waals surface area (Å²) in [7, 11) is 0. The SMILES string of the molecule is CCCC(=O)OI(OC(=O)CCC)c1ccc(F)cc1. The summed E-state index contributed by atoms with van der Waals surface area (Å²) in [5.74, 6) is -1.15. The van der Waals surface area contributed by atoms with Crippen LogP contribution in [0.25, 0.3) is 0 Å². The summed E-state index contributed by atoms with van der Waals surface area (Å²) in [5.41, 5.74) is 0. The van der Waals surface area contributed by atoms with Crippen molar-refractivity contribution in [2.24, 2.45) is 0 Å². The quantitative estimate of drug-likeness (QED) is 0.654. The molecule has 6 heteroatoms. The minimum absolute atomic E-state index is 0.278. The molecule has 0 saturated carbocycles. The number of halogens is 2. The Labute approximate surface area is 126 Å². The van der Waals surface area contributed by atoms with E-state index < -0.39 is 20.6 Å². The summed E-state index contributed by atoms with van der Waals surface area (Å²) in [6, 6.07) is 5.53. The van der Waals surface area contributed by atoms with Crippen LogP contribution in [0.4, 0.5) is 4.39 Å². The zero-order chi connectivity index (χ0) is 15.0. The first kappa shape index (κ1) is 16.9. The molecule has 112 valence electrons. The second-order valence-electron chi connectivity index (χ2n) is 4.05. The number of carbonyl (C=O) groups excluding carboxylic acids is 2. The molecule has 1 rings (SSSR count). The number of carbonyl (C=O) groups is 2. The van der Waals surface area contributed by atoms with E-state index in [1.807, 2.05) is 13.8 Å². The summed E-state index contributed by atoms with van der Waals surface area (Å²) < 4.78 is 24.1. The van der Waals surface area contributed by atoms with Crippen LogP contribution in [-0.2, 0) is 15.7 Å². The first-order valence-corrected chi connectivity index (χ1v) is 9.29. The molecular formula is C14H18FIO4. The van der Waals surface area contributed by atoms with Gasteiger partial charge in [-0.2, -0.15) is 0 Å². The molecule has 1 aromatic carbocycles. The van der Waals surface area contributed by atoms with Crippen LogP contribution in [-0.4, -0.2) is 11.9 Å². The first-order chi connectivity index (χ1) is 9.56. The van der Waals surface area contributed by atoms with Gasteiger partial charge >= 0.3 is 126 Å². The molecule has 0 saturated heterocycles. The van der Waals surface area contributed by atoms with E-state index in [0.717, 1.165) is 0 Å². The molecule has 0 aromatic heterocycles. The second-order valence-corrected chi connectivity index (χ2v) is 7.42. The van der Waals surface area contributed by atoms with E-state index in [1.54, 1.807) is 0 Å². The van der Waals surface area contributed by atoms with Gasteiger partial charge in [-0.3, -0.25) is 0 Å². The molecule has 0 unspecified atom stereocenters. The monoisotopic (exact) mass is 396 g/mol. The minimum atomic E-state index is -2.85. The molecule has 0 amide bonds. The zero-order valence-electron chi connectivity index (χ0n) is 11.5. The molecule has 0 aliphatic rings. The number of hydrogen-bond acceptors (Lipinski definition) is 4. The van der Waals surface area contributed by atoms with E-state index in [0.29, 0.717) is 16.4 Å². The van der Waals surface area contributed by atoms with Crippen molar-refractivity contribution >= 4 is 32.6 Å². The molecule has 0 fully saturated rings. The van der Waals surface area contributed by atoms with Gasteiger partial charge in [0.15, 0.2) is 0 Å². The van der Waals surface area contributed by atoms with Crippen molar-refractivity contribution in [3.63, 3.8) is 0 Å². The average molecular weight is 396 g/mol. The van der Waals surface area contributed by atoms with Crippen LogP contribution in [0.1, 0.15) is 39.5 Å². The van der Waals surface area contributed by atoms with Crippen molar-refractivity contribution in [2.45, 2.75) is 39.5 Å². The van der Waals surface area contributed by atoms with Crippen molar-refractivity contribution < 1.29 is 20.1 Å². The van der Waals surface area contributed by atoms with Gasteiger partial charge in [0.1, 0.15) is 0 Å². The van der Waals surface area contributed by atoms with Gasteiger partial charge in [-0.25, -0.2) is 0 Å². The van der Waals surface area contributed by atoms with Crippen molar-refractivity contribution in [1.82, 2.24) is 0 Å². The molecule has 1 aromatic rings. The van der Waals surface area contributed by atoms with Crippen LogP contribution in [0.15, 0.2) is 24.3 Å². The molecule has 0 spiro atoms. The summed E-state index contributed by atoms with van der Waals surface area (Å²) in [6.45, 7) is 3.72. The molecule has 0 atom stereocenters. The van der Waals surface area contributed by atoms with Gasteiger partial charge in [0.05, 0.1) is 0 Å². The summed E-state index contributed by atoms with van der Waals surface area (Å²) >= 11 is -2.85. The Hall–Kier alpha value is -1.18. The van der Waals surface area contributed by atoms with E-state index in [9.17, 15) is 14.0 Å². The predicted molar refractivity (Wildman–Crippen MR) is 81.1 cm³/mol. The molecular weight excluding hydrogens is 378 g/mol. The number of benzene rings is 1. The Morgan fingerprint density at radius 3 is 1.85 bits per heavy atom. The van der Waals surface area contributed by atoms with Crippen LogP contribution in [0, 0.1) is 9.39 Å². The van der Waals surface area contributed by atoms with E-state index >= 15 is 0 Å². The summed E-state index contributed by atoms with van der Waals surface area (Å²) in [4.78, 5) is 23.2. The van der Waals surface area contributed by atoms with Crippen molar-refractivity contribution in [3.8, 4) is 0 Å². The van der Waals surface area contributed by atoms with Crippen LogP contribution in [0.5, 0.6) is 0 Å². The number of rotatable bonds is 7. The second kappa shape index (κ2) is 8.89. The third kappa shape index (κ3) is 5.85. The first-order valence-electron chi connectivity index (χ1n) is 6.45. The maximum atomic E-state index is 12.9. The van der Waals surface area contributed by atoms with E-state index in [1.165, 1.54) is 24.3 Å². The average Bonchev–Trinajstić information content (AvgIpc) is 2.39. The summed E-state index contributed by atoms with van der Waals surface area (Å²) in [6.07, 6.45) is 1.88. The summed E-state index contributed by atoms with van der Waals surface area (Å²) in [5, 5.41) is 0. The molecule has 0 bridgehead atoms. The van der Waals surface area contributed by atoms with Crippen molar-refractivity contribution in [2.75, 3.05) is 0 Å². The topological polar surface area (TPSA) is 52.6 Å². The Morgan fingerprint density at radius 2 is 1.45 bits per heavy atom. The molecule has 4 nitrogen and oxygen atoms in total. The van der Waals surface area contributed by atoms with E-state index in [4.69, 9.17) is 6.13 Å². The molecule has 0 aliphatic heterocycles. The van der Waals surface area contributed by atoms with Gasteiger partial charge in [0.25, 0.3) is 0 Å². The fourth-order valence-electron chi connectivity index (χ4n) is 1.28. The van der Waals surface area contributed by atoms with Crippen molar-refractivity contribution in [1.29, 1.82) is 0 Å². The molecule has 0 radical (unpaired) electrons. The number of hydrogen-bond donors (Lipinski definition) is 0. The third-order valence-corrected chi connectivity index (χ3v) is 5.72. The van der Waals surface area contributed by atoms with Crippen LogP contribution >= 0.6 is 20.6 Å². The predicted octanol–water partition coefficient (Wildman–Crippen LogP) is 4.02. The molecule has 0 heterocycles. The fourth-order valence-corrected chi connectivity index (χ4v) is 4.16. The fraction of sp³-hybridized carbons (Fsp3) is 0.429. The standard InChI is InChI=1S/C14H18FIO4/c1-3-5-13(17)19-16(20-14(18)6-4-2)12-9-7-11(15)8-10-12/h7-10H,3-6H2,1-2H3. The van der Waals surface area contributed by atoms with Gasteiger partial charge in [-0.15, -0.1) is 0 Å². The van der Waals surface area contributed by atoms with Gasteiger partial charge in [0, 0.05) is 0 Å². The van der Waals surface area contributed by atoms with Crippen LogP contribution < -0.4 is 0 Å². The normalized spacial score (nSPS) is 10.8. The zero-order valence-corrected chi connectivity index (χ0v) is 13.7. The van der Waals surface area contributed by atoms with Crippen LogP contribution in [0.3, 0.4) is 0 Å². The van der Waals surface area contributed by atoms with Crippen LogP contribution in [0.2, 0.25) is 0 Å². The molecule has 0 N–H and O–H groups in total. The molecule has 0 aliphatic carbocycles. The van der Waals surface area contributed by atoms with Gasteiger partial charge < -0.3 is 0 Å². The third-order valence-electron chi connectivity index (χ3n) is 2.20.